The van der Waals surface area contributed by atoms with Gasteiger partial charge in [0.15, 0.2) is 0 Å². The fraction of sp³-hybridized carbons (Fsp3) is 0.333. The molecule has 2 rings (SSSR count). The molecular weight excluding hydrogens is 270 g/mol. The van der Waals surface area contributed by atoms with Gasteiger partial charge in [-0.2, -0.15) is 11.8 Å². The maximum absolute atomic E-state index is 12.1. The highest BCUT2D eigenvalue weighted by Crippen LogP contribution is 2.19. The largest absolute Gasteiger partial charge is 0.478 e. The van der Waals surface area contributed by atoms with Gasteiger partial charge in [-0.05, 0) is 12.1 Å². The van der Waals surface area contributed by atoms with Crippen molar-refractivity contribution in [3.8, 4) is 0 Å². The molecule has 0 aromatic carbocycles. The number of amides is 1. The van der Waals surface area contributed by atoms with Crippen molar-refractivity contribution in [2.24, 2.45) is 0 Å². The van der Waals surface area contributed by atoms with E-state index in [2.05, 4.69) is 0 Å². The summed E-state index contributed by atoms with van der Waals surface area (Å²) in [6, 6.07) is 1.74. The Hall–Kier alpha value is -1.27. The molecular formula is C12H13NO3S2. The Morgan fingerprint density at radius 3 is 2.72 bits per heavy atom. The molecule has 4 nitrogen and oxygen atoms in total. The monoisotopic (exact) mass is 283 g/mol. The zero-order valence-corrected chi connectivity index (χ0v) is 11.3. The summed E-state index contributed by atoms with van der Waals surface area (Å²) in [5, 5.41) is 10.3. The van der Waals surface area contributed by atoms with Crippen LogP contribution in [0.4, 0.5) is 0 Å². The second kappa shape index (κ2) is 6.06. The normalized spacial score (nSPS) is 16.1. The number of hydrogen-bond donors (Lipinski definition) is 1. The van der Waals surface area contributed by atoms with E-state index in [0.29, 0.717) is 5.56 Å². The Bertz CT molecular complexity index is 475. The topological polar surface area (TPSA) is 57.6 Å². The van der Waals surface area contributed by atoms with Gasteiger partial charge in [0.2, 0.25) is 0 Å². The van der Waals surface area contributed by atoms with Gasteiger partial charge in [0.05, 0.1) is 5.56 Å². The lowest BCUT2D eigenvalue weighted by atomic mass is 10.2. The lowest BCUT2D eigenvalue weighted by molar-refractivity contribution is -0.131. The van der Waals surface area contributed by atoms with Crippen molar-refractivity contribution in [1.29, 1.82) is 0 Å². The van der Waals surface area contributed by atoms with Crippen molar-refractivity contribution >= 4 is 41.1 Å². The molecule has 2 heterocycles. The number of carboxylic acids is 1. The molecule has 1 N–H and O–H groups in total. The van der Waals surface area contributed by atoms with Crippen LogP contribution in [0, 0.1) is 0 Å². The third kappa shape index (κ3) is 3.36. The number of carbonyl (C=O) groups is 2. The fourth-order valence-electron chi connectivity index (χ4n) is 1.65. The molecule has 0 bridgehead atoms. The fourth-order valence-corrected chi connectivity index (χ4v) is 3.33. The third-order valence-electron chi connectivity index (χ3n) is 2.56. The summed E-state index contributed by atoms with van der Waals surface area (Å²) in [4.78, 5) is 25.2. The summed E-state index contributed by atoms with van der Waals surface area (Å²) in [6.45, 7) is 1.58. The molecule has 6 heteroatoms. The summed E-state index contributed by atoms with van der Waals surface area (Å²) >= 11 is 3.24. The van der Waals surface area contributed by atoms with Crippen molar-refractivity contribution < 1.29 is 14.7 Å². The number of aliphatic carboxylic acids is 1. The molecule has 96 valence electrons. The van der Waals surface area contributed by atoms with Gasteiger partial charge in [-0.15, -0.1) is 11.3 Å². The Labute approximate surface area is 113 Å². The molecule has 0 unspecified atom stereocenters. The van der Waals surface area contributed by atoms with Crippen LogP contribution in [0.5, 0.6) is 0 Å². The van der Waals surface area contributed by atoms with E-state index >= 15 is 0 Å². The van der Waals surface area contributed by atoms with Crippen LogP contribution in [-0.2, 0) is 4.79 Å². The first-order valence-corrected chi connectivity index (χ1v) is 7.57. The minimum atomic E-state index is -0.982. The van der Waals surface area contributed by atoms with E-state index in [-0.39, 0.29) is 5.91 Å². The van der Waals surface area contributed by atoms with E-state index in [1.807, 2.05) is 16.7 Å². The van der Waals surface area contributed by atoms with Crippen molar-refractivity contribution in [1.82, 2.24) is 4.90 Å². The second-order valence-corrected chi connectivity index (χ2v) is 5.98. The highest BCUT2D eigenvalue weighted by atomic mass is 32.2. The van der Waals surface area contributed by atoms with E-state index in [9.17, 15) is 9.59 Å². The van der Waals surface area contributed by atoms with Gasteiger partial charge in [0.25, 0.3) is 5.91 Å². The third-order valence-corrected chi connectivity index (χ3v) is 4.40. The van der Waals surface area contributed by atoms with E-state index in [1.165, 1.54) is 17.4 Å². The molecule has 1 aliphatic heterocycles. The zero-order valence-electron chi connectivity index (χ0n) is 9.67. The summed E-state index contributed by atoms with van der Waals surface area (Å²) in [6.07, 6.45) is 2.59. The minimum Gasteiger partial charge on any atom is -0.478 e. The van der Waals surface area contributed by atoms with Crippen LogP contribution in [0.2, 0.25) is 0 Å². The number of rotatable bonds is 3. The second-order valence-electron chi connectivity index (χ2n) is 3.81. The van der Waals surface area contributed by atoms with Gasteiger partial charge < -0.3 is 10.0 Å². The predicted octanol–water partition coefficient (Wildman–Crippen LogP) is 2.03. The molecule has 0 radical (unpaired) electrons. The maximum Gasteiger partial charge on any atom is 0.328 e. The first-order chi connectivity index (χ1) is 8.66. The Kier molecular flexibility index (Phi) is 4.43. The summed E-state index contributed by atoms with van der Waals surface area (Å²) < 4.78 is 0. The molecule has 18 heavy (non-hydrogen) atoms. The van der Waals surface area contributed by atoms with Crippen LogP contribution < -0.4 is 0 Å². The Morgan fingerprint density at radius 1 is 1.33 bits per heavy atom. The van der Waals surface area contributed by atoms with Crippen LogP contribution in [0.3, 0.4) is 0 Å². The quantitative estimate of drug-likeness (QED) is 0.862. The van der Waals surface area contributed by atoms with Crippen LogP contribution in [0.15, 0.2) is 17.5 Å². The number of nitrogens with zero attached hydrogens (tertiary/aromatic N) is 1. The van der Waals surface area contributed by atoms with Crippen LogP contribution in [-0.4, -0.2) is 46.5 Å². The lowest BCUT2D eigenvalue weighted by Gasteiger charge is -2.25. The van der Waals surface area contributed by atoms with Gasteiger partial charge in [-0.3, -0.25) is 4.79 Å². The molecule has 0 atom stereocenters. The molecule has 0 spiro atoms. The van der Waals surface area contributed by atoms with Crippen molar-refractivity contribution in [3.63, 3.8) is 0 Å². The Morgan fingerprint density at radius 2 is 2.06 bits per heavy atom. The van der Waals surface area contributed by atoms with Crippen molar-refractivity contribution in [3.05, 3.63) is 28.0 Å². The molecule has 1 aliphatic rings. The molecule has 1 amide bonds. The summed E-state index contributed by atoms with van der Waals surface area (Å²) in [5.74, 6) is 1.04. The molecule has 1 aromatic heterocycles. The Balaban J connectivity index is 2.04. The van der Waals surface area contributed by atoms with Crippen molar-refractivity contribution in [2.75, 3.05) is 24.6 Å². The van der Waals surface area contributed by atoms with Gasteiger partial charge in [-0.25, -0.2) is 4.79 Å². The number of thioether (sulfide) groups is 1. The first-order valence-electron chi connectivity index (χ1n) is 5.53. The molecule has 1 fully saturated rings. The minimum absolute atomic E-state index is 0.0431. The average molecular weight is 283 g/mol. The molecule has 0 saturated carbocycles. The van der Waals surface area contributed by atoms with Crippen LogP contribution in [0.25, 0.3) is 6.08 Å². The highest BCUT2D eigenvalue weighted by molar-refractivity contribution is 7.99. The first kappa shape index (κ1) is 13.2. The molecule has 1 saturated heterocycles. The van der Waals surface area contributed by atoms with Gasteiger partial charge in [0.1, 0.15) is 0 Å². The predicted molar refractivity (Wildman–Crippen MR) is 74.2 cm³/mol. The maximum atomic E-state index is 12.1. The highest BCUT2D eigenvalue weighted by Gasteiger charge is 2.19. The average Bonchev–Trinajstić information content (AvgIpc) is 2.85. The number of thiophene rings is 1. The number of hydrogen-bond acceptors (Lipinski definition) is 4. The van der Waals surface area contributed by atoms with Gasteiger partial charge in [-0.1, -0.05) is 0 Å². The molecule has 0 aliphatic carbocycles. The standard InChI is InChI=1S/C12H13NO3S2/c14-11(15)2-1-10-7-9(8-18-10)12(16)13-3-5-17-6-4-13/h1-2,7-8H,3-6H2,(H,14,15). The number of carbonyl (C=O) groups excluding carboxylic acids is 1. The van der Waals surface area contributed by atoms with E-state index < -0.39 is 5.97 Å². The van der Waals surface area contributed by atoms with Crippen LogP contribution >= 0.6 is 23.1 Å². The summed E-state index contributed by atoms with van der Waals surface area (Å²) in [5.41, 5.74) is 0.650. The van der Waals surface area contributed by atoms with Crippen molar-refractivity contribution in [2.45, 2.75) is 0 Å². The smallest absolute Gasteiger partial charge is 0.328 e. The zero-order chi connectivity index (χ0) is 13.0. The van der Waals surface area contributed by atoms with E-state index in [4.69, 9.17) is 5.11 Å². The van der Waals surface area contributed by atoms with Gasteiger partial charge in [0, 0.05) is 40.9 Å². The van der Waals surface area contributed by atoms with Crippen LogP contribution in [0.1, 0.15) is 15.2 Å². The SMILES string of the molecule is O=C(O)C=Cc1cc(C(=O)N2CCSCC2)cs1. The lowest BCUT2D eigenvalue weighted by Crippen LogP contribution is -2.37. The van der Waals surface area contributed by atoms with E-state index in [0.717, 1.165) is 35.5 Å². The van der Waals surface area contributed by atoms with E-state index in [1.54, 1.807) is 11.4 Å². The molecule has 1 aromatic rings. The van der Waals surface area contributed by atoms with Gasteiger partial charge >= 0.3 is 5.97 Å². The number of carboxylic acid groups (broad SMARTS) is 1. The summed E-state index contributed by atoms with van der Waals surface area (Å²) in [7, 11) is 0.